The van der Waals surface area contributed by atoms with E-state index in [1.54, 1.807) is 50.6 Å². The smallest absolute Gasteiger partial charge is 0.329 e. The largest absolute Gasteiger partial charge is 0.497 e. The predicted molar refractivity (Wildman–Crippen MR) is 98.1 cm³/mol. The van der Waals surface area contributed by atoms with Gasteiger partial charge >= 0.3 is 6.03 Å². The van der Waals surface area contributed by atoms with E-state index in [1.165, 1.54) is 7.11 Å². The van der Waals surface area contributed by atoms with Crippen LogP contribution in [0.15, 0.2) is 45.9 Å². The Balaban J connectivity index is 1.70. The fourth-order valence-corrected chi connectivity index (χ4v) is 2.94. The second kappa shape index (κ2) is 7.87. The van der Waals surface area contributed by atoms with Gasteiger partial charge < -0.3 is 24.1 Å². The molecule has 0 aliphatic heterocycles. The molecule has 8 nitrogen and oxygen atoms in total. The molecule has 0 aliphatic rings. The fraction of sp³-hybridized carbons (Fsp3) is 0.176. The van der Waals surface area contributed by atoms with Gasteiger partial charge in [0.05, 0.1) is 32.4 Å². The molecule has 0 bridgehead atoms. The van der Waals surface area contributed by atoms with Crippen molar-refractivity contribution >= 4 is 34.6 Å². The zero-order chi connectivity index (χ0) is 18.5. The average Bonchev–Trinajstić information content (AvgIpc) is 3.10. The molecule has 136 valence electrons. The van der Waals surface area contributed by atoms with Crippen LogP contribution in [0.1, 0.15) is 0 Å². The van der Waals surface area contributed by atoms with Crippen LogP contribution in [0, 0.1) is 0 Å². The lowest BCUT2D eigenvalue weighted by molar-refractivity contribution is 0.257. The van der Waals surface area contributed by atoms with Gasteiger partial charge in [-0.2, -0.15) is 0 Å². The van der Waals surface area contributed by atoms with Crippen LogP contribution >= 0.6 is 11.9 Å². The minimum Gasteiger partial charge on any atom is -0.497 e. The highest BCUT2D eigenvalue weighted by molar-refractivity contribution is 7.98. The minimum atomic E-state index is -0.440. The van der Waals surface area contributed by atoms with Gasteiger partial charge in [-0.05, 0) is 24.3 Å². The van der Waals surface area contributed by atoms with Crippen LogP contribution in [-0.2, 0) is 0 Å². The van der Waals surface area contributed by atoms with E-state index in [-0.39, 0.29) is 0 Å². The maximum absolute atomic E-state index is 12.2. The second-order valence-corrected chi connectivity index (χ2v) is 5.84. The average molecular weight is 375 g/mol. The predicted octanol–water partition coefficient (Wildman–Crippen LogP) is 3.68. The number of nitrogens with one attached hydrogen (secondary N) is 2. The Hall–Kier alpha value is -3.07. The molecular weight excluding hydrogens is 358 g/mol. The van der Waals surface area contributed by atoms with Crippen molar-refractivity contribution < 1.29 is 23.5 Å². The van der Waals surface area contributed by atoms with Gasteiger partial charge in [0.1, 0.15) is 17.2 Å². The lowest BCUT2D eigenvalue weighted by Gasteiger charge is -2.11. The monoisotopic (exact) mass is 375 g/mol. The molecule has 0 unspecified atom stereocenters. The van der Waals surface area contributed by atoms with Crippen LogP contribution in [0.2, 0.25) is 0 Å². The molecule has 1 aromatic heterocycles. The number of amides is 2. The van der Waals surface area contributed by atoms with Crippen molar-refractivity contribution in [3.8, 4) is 17.2 Å². The molecule has 2 amide bonds. The highest BCUT2D eigenvalue weighted by Gasteiger charge is 2.15. The molecule has 2 N–H and O–H groups in total. The zero-order valence-corrected chi connectivity index (χ0v) is 15.2. The third-order valence-electron chi connectivity index (χ3n) is 3.55. The first-order valence-electron chi connectivity index (χ1n) is 7.54. The van der Waals surface area contributed by atoms with Gasteiger partial charge in [-0.1, -0.05) is 11.2 Å². The standard InChI is InChI=1S/C17H17N3O5S/c1-22-10-7-8-11(14(9-10)24-3)18-17(21)20-26-16-15-12(23-2)5-4-6-13(15)25-19-16/h4-9H,1-3H3,(H2,18,20,21). The number of benzene rings is 2. The molecule has 3 aromatic rings. The summed E-state index contributed by atoms with van der Waals surface area (Å²) >= 11 is 1.02. The highest BCUT2D eigenvalue weighted by Crippen LogP contribution is 2.33. The van der Waals surface area contributed by atoms with Crippen LogP contribution in [0.4, 0.5) is 10.5 Å². The molecule has 0 spiro atoms. The van der Waals surface area contributed by atoms with Gasteiger partial charge in [0.15, 0.2) is 10.6 Å². The van der Waals surface area contributed by atoms with Crippen molar-refractivity contribution in [3.63, 3.8) is 0 Å². The SMILES string of the molecule is COc1ccc(NC(=O)NSc2noc3cccc(OC)c23)c(OC)c1. The number of hydrogen-bond acceptors (Lipinski definition) is 7. The Morgan fingerprint density at radius 3 is 2.62 bits per heavy atom. The number of fused-ring (bicyclic) bond motifs is 1. The fourth-order valence-electron chi connectivity index (χ4n) is 2.32. The summed E-state index contributed by atoms with van der Waals surface area (Å²) in [7, 11) is 4.63. The number of aromatic nitrogens is 1. The van der Waals surface area contributed by atoms with E-state index < -0.39 is 6.03 Å². The zero-order valence-electron chi connectivity index (χ0n) is 14.4. The van der Waals surface area contributed by atoms with Gasteiger partial charge in [-0.3, -0.25) is 4.72 Å². The van der Waals surface area contributed by atoms with Crippen LogP contribution in [0.5, 0.6) is 17.2 Å². The van der Waals surface area contributed by atoms with E-state index >= 15 is 0 Å². The molecule has 1 heterocycles. The lowest BCUT2D eigenvalue weighted by atomic mass is 10.2. The number of carbonyl (C=O) groups excluding carboxylic acids is 1. The van der Waals surface area contributed by atoms with Gasteiger partial charge in [0.2, 0.25) is 0 Å². The number of ether oxygens (including phenoxy) is 3. The van der Waals surface area contributed by atoms with Crippen molar-refractivity contribution in [1.29, 1.82) is 0 Å². The third kappa shape index (κ3) is 3.62. The molecule has 9 heteroatoms. The topological polar surface area (TPSA) is 94.9 Å². The Labute approximate surface area is 153 Å². The first kappa shape index (κ1) is 17.7. The Kier molecular flexibility index (Phi) is 5.37. The first-order chi connectivity index (χ1) is 12.7. The molecule has 3 rings (SSSR count). The van der Waals surface area contributed by atoms with Crippen LogP contribution < -0.4 is 24.2 Å². The molecule has 0 saturated carbocycles. The number of anilines is 1. The minimum absolute atomic E-state index is 0.440. The molecule has 0 radical (unpaired) electrons. The Morgan fingerprint density at radius 1 is 1.08 bits per heavy atom. The van der Waals surface area contributed by atoms with Gasteiger partial charge in [0, 0.05) is 18.0 Å². The van der Waals surface area contributed by atoms with Crippen LogP contribution in [-0.4, -0.2) is 32.5 Å². The summed E-state index contributed by atoms with van der Waals surface area (Å²) in [4.78, 5) is 12.2. The summed E-state index contributed by atoms with van der Waals surface area (Å²) < 4.78 is 23.6. The number of rotatable bonds is 6. The molecular formula is C17H17N3O5S. The van der Waals surface area contributed by atoms with Crippen molar-refractivity contribution in [3.05, 3.63) is 36.4 Å². The number of carbonyl (C=O) groups is 1. The van der Waals surface area contributed by atoms with E-state index in [0.717, 1.165) is 11.9 Å². The summed E-state index contributed by atoms with van der Waals surface area (Å²) in [5.74, 6) is 1.73. The molecule has 26 heavy (non-hydrogen) atoms. The van der Waals surface area contributed by atoms with Crippen molar-refractivity contribution in [2.45, 2.75) is 5.03 Å². The van der Waals surface area contributed by atoms with E-state index in [9.17, 15) is 4.79 Å². The first-order valence-corrected chi connectivity index (χ1v) is 8.36. The van der Waals surface area contributed by atoms with Crippen molar-refractivity contribution in [1.82, 2.24) is 9.88 Å². The van der Waals surface area contributed by atoms with Gasteiger partial charge in [-0.15, -0.1) is 0 Å². The van der Waals surface area contributed by atoms with Crippen molar-refractivity contribution in [2.75, 3.05) is 26.6 Å². The number of nitrogens with zero attached hydrogens (tertiary/aromatic N) is 1. The van der Waals surface area contributed by atoms with Crippen molar-refractivity contribution in [2.24, 2.45) is 0 Å². The maximum Gasteiger partial charge on any atom is 0.329 e. The van der Waals surface area contributed by atoms with Crippen LogP contribution in [0.3, 0.4) is 0 Å². The molecule has 2 aromatic carbocycles. The van der Waals surface area contributed by atoms with Gasteiger partial charge in [0.25, 0.3) is 0 Å². The second-order valence-electron chi connectivity index (χ2n) is 5.05. The van der Waals surface area contributed by atoms with E-state index in [0.29, 0.717) is 38.9 Å². The van der Waals surface area contributed by atoms with E-state index in [4.69, 9.17) is 18.7 Å². The summed E-state index contributed by atoms with van der Waals surface area (Å²) in [6.45, 7) is 0. The maximum atomic E-state index is 12.2. The number of methoxy groups -OCH3 is 3. The van der Waals surface area contributed by atoms with Gasteiger partial charge in [-0.25, -0.2) is 4.79 Å². The van der Waals surface area contributed by atoms with Crippen LogP contribution in [0.25, 0.3) is 11.0 Å². The molecule has 0 aliphatic carbocycles. The molecule has 0 saturated heterocycles. The quantitative estimate of drug-likeness (QED) is 0.635. The number of urea groups is 1. The number of hydrogen-bond donors (Lipinski definition) is 2. The Morgan fingerprint density at radius 2 is 1.88 bits per heavy atom. The van der Waals surface area contributed by atoms with E-state index in [1.807, 2.05) is 0 Å². The highest BCUT2D eigenvalue weighted by atomic mass is 32.2. The summed E-state index contributed by atoms with van der Waals surface area (Å²) in [5, 5.41) is 7.87. The van der Waals surface area contributed by atoms with E-state index in [2.05, 4.69) is 15.2 Å². The summed E-state index contributed by atoms with van der Waals surface area (Å²) in [6, 6.07) is 10.0. The summed E-state index contributed by atoms with van der Waals surface area (Å²) in [5.41, 5.74) is 1.08. The third-order valence-corrected chi connectivity index (χ3v) is 4.31. The molecule has 0 atom stereocenters. The molecule has 0 fully saturated rings. The lowest BCUT2D eigenvalue weighted by Crippen LogP contribution is -2.23. The normalized spacial score (nSPS) is 10.4. The summed E-state index contributed by atoms with van der Waals surface area (Å²) in [6.07, 6.45) is 0. The Bertz CT molecular complexity index is 928.